The Labute approximate surface area is 434 Å². The molecular formula is C58H55N9O9. The van der Waals surface area contributed by atoms with Gasteiger partial charge in [-0.05, 0) is 88.0 Å². The predicted molar refractivity (Wildman–Crippen MR) is 289 cm³/mol. The number of hydrogen-bond donors (Lipinski definition) is 12. The standard InChI is InChI=1S/C58H55N9O9/c59-56(31-68,49(71)25-37-28-62-46-10-4-1-7-43(37)46)53(74)65-40-19-13-34(14-20-40)52(35-15-21-41(22-16-35)66-54(75)57(60,32-69)50(72)26-38-29-63-47-11-5-2-8-44(38)47)36-17-23-42(24-18-36)67-55(76)58(61,33-70)51(73)27-39-30-64-48-12-6-3-9-45(39)48/h1-24,28-30,52,62-64,68-70H,25-27,31-33,59-61H2,(H,65,74)(H,66,75)(H,67,76)/t56-,57-,58-/m1/s1. The molecular weight excluding hydrogens is 967 g/mol. The Balaban J connectivity index is 0.948. The predicted octanol–water partition coefficient (Wildman–Crippen LogP) is 4.63. The molecule has 76 heavy (non-hydrogen) atoms. The van der Waals surface area contributed by atoms with Gasteiger partial charge in [-0.2, -0.15) is 0 Å². The van der Waals surface area contributed by atoms with Crippen LogP contribution in [0.1, 0.15) is 39.3 Å². The zero-order chi connectivity index (χ0) is 53.8. The number of Topliss-reactive ketones (excluding diaryl/α,β-unsaturated/α-hetero) is 3. The second kappa shape index (κ2) is 21.5. The van der Waals surface area contributed by atoms with Crippen LogP contribution in [-0.4, -0.2) is 102 Å². The molecule has 3 atom stereocenters. The second-order valence-corrected chi connectivity index (χ2v) is 18.9. The van der Waals surface area contributed by atoms with E-state index in [1.165, 1.54) is 0 Å². The Hall–Kier alpha value is -8.88. The topological polar surface area (TPSA) is 325 Å². The number of carbonyl (C=O) groups excluding carboxylic acids is 6. The summed E-state index contributed by atoms with van der Waals surface area (Å²) in [5.41, 5.74) is 19.4. The lowest BCUT2D eigenvalue weighted by atomic mass is 9.84. The van der Waals surface area contributed by atoms with Gasteiger partial charge in [-0.1, -0.05) is 91.0 Å². The number of benzene rings is 6. The molecule has 3 aromatic heterocycles. The summed E-state index contributed by atoms with van der Waals surface area (Å²) in [7, 11) is 0. The molecule has 0 unspecified atom stereocenters. The fourth-order valence-electron chi connectivity index (χ4n) is 9.27. The van der Waals surface area contributed by atoms with Crippen LogP contribution in [0.5, 0.6) is 0 Å². The third-order valence-electron chi connectivity index (χ3n) is 14.0. The van der Waals surface area contributed by atoms with Crippen LogP contribution in [0.25, 0.3) is 32.7 Å². The Morgan fingerprint density at radius 1 is 0.395 bits per heavy atom. The van der Waals surface area contributed by atoms with Gasteiger partial charge in [0.2, 0.25) is 0 Å². The molecule has 3 heterocycles. The summed E-state index contributed by atoms with van der Waals surface area (Å²) in [5, 5.41) is 41.4. The molecule has 0 aliphatic carbocycles. The Morgan fingerprint density at radius 3 is 0.895 bits per heavy atom. The Bertz CT molecular complexity index is 3260. The lowest BCUT2D eigenvalue weighted by Gasteiger charge is -2.25. The van der Waals surface area contributed by atoms with E-state index in [2.05, 4.69) is 30.9 Å². The number of aromatic nitrogens is 3. The van der Waals surface area contributed by atoms with Crippen LogP contribution < -0.4 is 33.2 Å². The van der Waals surface area contributed by atoms with E-state index < -0.39 is 77.4 Å². The van der Waals surface area contributed by atoms with Crippen LogP contribution in [0.15, 0.2) is 164 Å². The highest BCUT2D eigenvalue weighted by Crippen LogP contribution is 2.35. The molecule has 9 rings (SSSR count). The van der Waals surface area contributed by atoms with Crippen molar-refractivity contribution in [2.24, 2.45) is 17.2 Å². The summed E-state index contributed by atoms with van der Waals surface area (Å²) in [6.07, 6.45) is 4.36. The van der Waals surface area contributed by atoms with Crippen molar-refractivity contribution in [3.8, 4) is 0 Å². The first kappa shape index (κ1) is 52.0. The number of rotatable bonds is 21. The van der Waals surface area contributed by atoms with E-state index in [1.807, 2.05) is 72.8 Å². The maximum atomic E-state index is 13.7. The van der Waals surface area contributed by atoms with Gasteiger partial charge >= 0.3 is 0 Å². The number of aliphatic hydroxyl groups is 3. The van der Waals surface area contributed by atoms with Gasteiger partial charge in [0.1, 0.15) is 0 Å². The van der Waals surface area contributed by atoms with Gasteiger partial charge in [-0.25, -0.2) is 0 Å². The number of ketones is 3. The van der Waals surface area contributed by atoms with Crippen molar-refractivity contribution in [2.75, 3.05) is 35.8 Å². The molecule has 18 nitrogen and oxygen atoms in total. The number of nitrogens with one attached hydrogen (secondary N) is 6. The summed E-state index contributed by atoms with van der Waals surface area (Å²) >= 11 is 0. The van der Waals surface area contributed by atoms with Crippen molar-refractivity contribution in [2.45, 2.75) is 41.8 Å². The monoisotopic (exact) mass is 1020 g/mol. The molecule has 6 aromatic carbocycles. The quantitative estimate of drug-likeness (QED) is 0.0346. The minimum atomic E-state index is -2.27. The van der Waals surface area contributed by atoms with Gasteiger partial charge < -0.3 is 63.4 Å². The van der Waals surface area contributed by atoms with Crippen LogP contribution in [0.4, 0.5) is 17.1 Å². The Kier molecular flexibility index (Phi) is 14.7. The molecule has 0 saturated heterocycles. The summed E-state index contributed by atoms with van der Waals surface area (Å²) in [5.74, 6) is -5.37. The molecule has 0 spiro atoms. The van der Waals surface area contributed by atoms with Crippen LogP contribution in [0.2, 0.25) is 0 Å². The summed E-state index contributed by atoms with van der Waals surface area (Å²) < 4.78 is 0. The van der Waals surface area contributed by atoms with Crippen molar-refractivity contribution in [3.05, 3.63) is 198 Å². The summed E-state index contributed by atoms with van der Waals surface area (Å²) in [4.78, 5) is 91.0. The highest BCUT2D eigenvalue weighted by molar-refractivity contribution is 6.18. The largest absolute Gasteiger partial charge is 0.393 e. The molecule has 15 N–H and O–H groups in total. The smallest absolute Gasteiger partial charge is 0.254 e. The van der Waals surface area contributed by atoms with Gasteiger partial charge in [0, 0.05) is 93.5 Å². The van der Waals surface area contributed by atoms with Gasteiger partial charge in [-0.3, -0.25) is 28.8 Å². The van der Waals surface area contributed by atoms with E-state index >= 15 is 0 Å². The second-order valence-electron chi connectivity index (χ2n) is 18.9. The fraction of sp³-hybridized carbons (Fsp3) is 0.172. The SMILES string of the molecule is N[C@](CO)(C(=O)Cc1c[nH]c2ccccc12)C(=O)Nc1ccc(C(c2ccc(NC(=O)[C@@](N)(CO)C(=O)Cc3c[nH]c4ccccc34)cc2)c2ccc(NC(=O)[C@@](N)(CO)C(=O)Cc3c[nH]c4ccccc34)cc2)cc1. The number of nitrogens with two attached hydrogens (primary N) is 3. The number of amides is 3. The minimum absolute atomic E-state index is 0.211. The molecule has 0 fully saturated rings. The fourth-order valence-corrected chi connectivity index (χ4v) is 9.27. The number of hydrogen-bond acceptors (Lipinski definition) is 12. The van der Waals surface area contributed by atoms with Crippen molar-refractivity contribution in [1.82, 2.24) is 15.0 Å². The van der Waals surface area contributed by atoms with Crippen molar-refractivity contribution in [3.63, 3.8) is 0 Å². The number of fused-ring (bicyclic) bond motifs is 3. The average molecular weight is 1020 g/mol. The number of para-hydroxylation sites is 3. The van der Waals surface area contributed by atoms with E-state index in [0.29, 0.717) is 33.4 Å². The third kappa shape index (κ3) is 10.2. The third-order valence-corrected chi connectivity index (χ3v) is 14.0. The van der Waals surface area contributed by atoms with E-state index in [9.17, 15) is 44.1 Å². The molecule has 0 aliphatic rings. The first-order chi connectivity index (χ1) is 36.6. The average Bonchev–Trinajstić information content (AvgIpc) is 4.18. The maximum absolute atomic E-state index is 13.7. The van der Waals surface area contributed by atoms with E-state index in [0.717, 1.165) is 32.7 Å². The number of carbonyl (C=O) groups is 6. The highest BCUT2D eigenvalue weighted by Gasteiger charge is 2.44. The zero-order valence-corrected chi connectivity index (χ0v) is 40.9. The first-order valence-electron chi connectivity index (χ1n) is 24.3. The van der Waals surface area contributed by atoms with Gasteiger partial charge in [0.15, 0.2) is 34.0 Å². The summed E-state index contributed by atoms with van der Waals surface area (Å²) in [6, 6.07) is 42.2. The van der Waals surface area contributed by atoms with Gasteiger partial charge in [0.05, 0.1) is 19.8 Å². The normalized spacial score (nSPS) is 13.9. The van der Waals surface area contributed by atoms with Crippen molar-refractivity contribution < 1.29 is 44.1 Å². The van der Waals surface area contributed by atoms with Crippen LogP contribution >= 0.6 is 0 Å². The molecule has 386 valence electrons. The van der Waals surface area contributed by atoms with Crippen molar-refractivity contribution >= 4 is 84.8 Å². The van der Waals surface area contributed by atoms with E-state index in [4.69, 9.17) is 17.2 Å². The number of anilines is 3. The number of aromatic amines is 3. The Morgan fingerprint density at radius 2 is 0.645 bits per heavy atom. The number of aliphatic hydroxyl groups excluding tert-OH is 3. The molecule has 9 aromatic rings. The van der Waals surface area contributed by atoms with Crippen molar-refractivity contribution in [1.29, 1.82) is 0 Å². The maximum Gasteiger partial charge on any atom is 0.254 e. The van der Waals surface area contributed by atoms with Gasteiger partial charge in [-0.15, -0.1) is 0 Å². The highest BCUT2D eigenvalue weighted by atomic mass is 16.3. The zero-order valence-electron chi connectivity index (χ0n) is 40.9. The lowest BCUT2D eigenvalue weighted by Crippen LogP contribution is -2.60. The number of H-pyrrole nitrogens is 3. The van der Waals surface area contributed by atoms with Gasteiger partial charge in [0.25, 0.3) is 17.7 Å². The molecule has 18 heteroatoms. The lowest BCUT2D eigenvalue weighted by molar-refractivity contribution is -0.136. The van der Waals surface area contributed by atoms with Crippen LogP contribution in [0, 0.1) is 0 Å². The molecule has 3 amide bonds. The molecule has 0 saturated carbocycles. The van der Waals surface area contributed by atoms with E-state index in [-0.39, 0.29) is 36.3 Å². The summed E-state index contributed by atoms with van der Waals surface area (Å²) in [6.45, 7) is -2.85. The minimum Gasteiger partial charge on any atom is -0.393 e. The molecule has 0 bridgehead atoms. The first-order valence-corrected chi connectivity index (χ1v) is 24.3. The van der Waals surface area contributed by atoms with E-state index in [1.54, 1.807) is 91.4 Å². The van der Waals surface area contributed by atoms with Crippen LogP contribution in [-0.2, 0) is 48.0 Å². The molecule has 0 aliphatic heterocycles. The van der Waals surface area contributed by atoms with Crippen LogP contribution in [0.3, 0.4) is 0 Å². The molecule has 0 radical (unpaired) electrons.